The molecule has 30 heavy (non-hydrogen) atoms. The predicted octanol–water partition coefficient (Wildman–Crippen LogP) is 2.18. The van der Waals surface area contributed by atoms with Crippen molar-refractivity contribution in [1.82, 2.24) is 20.0 Å². The maximum Gasteiger partial charge on any atom is 0.252 e. The normalized spacial score (nSPS) is 15.4. The molecule has 1 fully saturated rings. The molecule has 0 bridgehead atoms. The van der Waals surface area contributed by atoms with Crippen LogP contribution in [0.1, 0.15) is 30.1 Å². The molecule has 1 aliphatic carbocycles. The molecule has 0 aliphatic heterocycles. The fraction of sp³-hybridized carbons (Fsp3) is 0.300. The zero-order valence-electron chi connectivity index (χ0n) is 16.4. The summed E-state index contributed by atoms with van der Waals surface area (Å²) < 4.78 is 16.3. The Morgan fingerprint density at radius 1 is 1.30 bits per heavy atom. The van der Waals surface area contributed by atoms with Gasteiger partial charge in [0.25, 0.3) is 5.91 Å². The third-order valence-corrected chi connectivity index (χ3v) is 5.04. The van der Waals surface area contributed by atoms with Gasteiger partial charge in [0, 0.05) is 17.8 Å². The SMILES string of the molecule is C[C@H](N)[C@H](Nc1nc(Nc2cccc(-n3ccnn3)c2)c(C(N)=O)cc1F)C1CC1. The number of halogens is 1. The molecule has 156 valence electrons. The number of aromatic nitrogens is 4. The minimum absolute atomic E-state index is 0.0316. The van der Waals surface area contributed by atoms with Crippen LogP contribution < -0.4 is 22.1 Å². The number of benzene rings is 1. The summed E-state index contributed by atoms with van der Waals surface area (Å²) in [5.74, 6) is -0.867. The molecule has 3 aromatic rings. The number of primary amides is 1. The Morgan fingerprint density at radius 2 is 2.10 bits per heavy atom. The lowest BCUT2D eigenvalue weighted by atomic mass is 10.1. The van der Waals surface area contributed by atoms with Crippen molar-refractivity contribution < 1.29 is 9.18 Å². The quantitative estimate of drug-likeness (QED) is 0.447. The standard InChI is InChI=1S/C20H23FN8O/c1-11(22)17(12-5-6-12)26-20-16(21)10-15(18(23)30)19(27-20)25-13-3-2-4-14(9-13)29-8-7-24-28-29/h2-4,7-12,17H,5-6,22H2,1H3,(H2,23,30)(H2,25,26,27)/t11-,17-/m0/s1. The Balaban J connectivity index is 1.66. The second kappa shape index (κ2) is 8.07. The van der Waals surface area contributed by atoms with E-state index in [-0.39, 0.29) is 29.3 Å². The number of pyridine rings is 1. The minimum atomic E-state index is -0.784. The van der Waals surface area contributed by atoms with Gasteiger partial charge in [-0.2, -0.15) is 0 Å². The molecule has 1 aromatic carbocycles. The van der Waals surface area contributed by atoms with Gasteiger partial charge in [-0.25, -0.2) is 14.1 Å². The van der Waals surface area contributed by atoms with Crippen LogP contribution in [0.2, 0.25) is 0 Å². The first-order valence-electron chi connectivity index (χ1n) is 9.68. The van der Waals surface area contributed by atoms with Gasteiger partial charge in [-0.05, 0) is 49.9 Å². The molecule has 0 radical (unpaired) electrons. The monoisotopic (exact) mass is 410 g/mol. The highest BCUT2D eigenvalue weighted by atomic mass is 19.1. The van der Waals surface area contributed by atoms with Gasteiger partial charge in [0.15, 0.2) is 11.6 Å². The van der Waals surface area contributed by atoms with Crippen LogP contribution in [-0.4, -0.2) is 38.0 Å². The largest absolute Gasteiger partial charge is 0.365 e. The van der Waals surface area contributed by atoms with E-state index in [1.165, 1.54) is 0 Å². The average molecular weight is 410 g/mol. The molecule has 0 saturated heterocycles. The van der Waals surface area contributed by atoms with E-state index in [1.807, 2.05) is 19.1 Å². The molecule has 2 aromatic heterocycles. The fourth-order valence-corrected chi connectivity index (χ4v) is 3.37. The summed E-state index contributed by atoms with van der Waals surface area (Å²) in [7, 11) is 0. The summed E-state index contributed by atoms with van der Waals surface area (Å²) in [6.07, 6.45) is 5.36. The van der Waals surface area contributed by atoms with Gasteiger partial charge in [0.1, 0.15) is 5.82 Å². The van der Waals surface area contributed by atoms with Gasteiger partial charge < -0.3 is 22.1 Å². The number of nitrogens with two attached hydrogens (primary N) is 2. The van der Waals surface area contributed by atoms with Crippen LogP contribution in [0.3, 0.4) is 0 Å². The number of carbonyl (C=O) groups excluding carboxylic acids is 1. The Hall–Kier alpha value is -3.53. The molecule has 1 saturated carbocycles. The van der Waals surface area contributed by atoms with Gasteiger partial charge >= 0.3 is 0 Å². The van der Waals surface area contributed by atoms with E-state index in [2.05, 4.69) is 25.9 Å². The third-order valence-electron chi connectivity index (χ3n) is 5.04. The molecular weight excluding hydrogens is 387 g/mol. The highest BCUT2D eigenvalue weighted by Crippen LogP contribution is 2.36. The van der Waals surface area contributed by atoms with Crippen molar-refractivity contribution in [3.8, 4) is 5.69 Å². The van der Waals surface area contributed by atoms with Crippen LogP contribution in [0.5, 0.6) is 0 Å². The van der Waals surface area contributed by atoms with Gasteiger partial charge in [0.05, 0.1) is 23.6 Å². The molecular formula is C20H23FN8O. The summed E-state index contributed by atoms with van der Waals surface area (Å²) in [5.41, 5.74) is 12.8. The van der Waals surface area contributed by atoms with E-state index in [0.29, 0.717) is 11.6 Å². The van der Waals surface area contributed by atoms with E-state index in [0.717, 1.165) is 24.6 Å². The van der Waals surface area contributed by atoms with E-state index in [9.17, 15) is 9.18 Å². The number of nitrogens with zero attached hydrogens (tertiary/aromatic N) is 4. The number of carbonyl (C=O) groups is 1. The highest BCUT2D eigenvalue weighted by Gasteiger charge is 2.34. The molecule has 4 rings (SSSR count). The number of hydrogen-bond donors (Lipinski definition) is 4. The average Bonchev–Trinajstić information content (AvgIpc) is 3.39. The number of anilines is 3. The minimum Gasteiger partial charge on any atom is -0.365 e. The fourth-order valence-electron chi connectivity index (χ4n) is 3.37. The predicted molar refractivity (Wildman–Crippen MR) is 111 cm³/mol. The molecule has 0 unspecified atom stereocenters. The van der Waals surface area contributed by atoms with E-state index < -0.39 is 11.7 Å². The molecule has 1 aliphatic rings. The molecule has 2 heterocycles. The lowest BCUT2D eigenvalue weighted by Gasteiger charge is -2.23. The molecule has 1 amide bonds. The highest BCUT2D eigenvalue weighted by molar-refractivity contribution is 5.98. The Kier molecular flexibility index (Phi) is 5.32. The molecule has 2 atom stereocenters. The van der Waals surface area contributed by atoms with Crippen molar-refractivity contribution in [2.45, 2.75) is 31.8 Å². The van der Waals surface area contributed by atoms with Crippen molar-refractivity contribution in [2.75, 3.05) is 10.6 Å². The van der Waals surface area contributed by atoms with Gasteiger partial charge in [0.2, 0.25) is 0 Å². The lowest BCUT2D eigenvalue weighted by Crippen LogP contribution is -2.40. The summed E-state index contributed by atoms with van der Waals surface area (Å²) in [5, 5.41) is 13.9. The lowest BCUT2D eigenvalue weighted by molar-refractivity contribution is 0.100. The van der Waals surface area contributed by atoms with Crippen LogP contribution >= 0.6 is 0 Å². The van der Waals surface area contributed by atoms with Gasteiger partial charge in [-0.15, -0.1) is 5.10 Å². The second-order valence-corrected chi connectivity index (χ2v) is 7.47. The summed E-state index contributed by atoms with van der Waals surface area (Å²) in [6.45, 7) is 1.88. The van der Waals surface area contributed by atoms with E-state index in [1.54, 1.807) is 29.2 Å². The first-order valence-corrected chi connectivity index (χ1v) is 9.68. The van der Waals surface area contributed by atoms with Crippen LogP contribution in [0, 0.1) is 11.7 Å². The van der Waals surface area contributed by atoms with Gasteiger partial charge in [-0.3, -0.25) is 4.79 Å². The van der Waals surface area contributed by atoms with Crippen LogP contribution in [0.4, 0.5) is 21.7 Å². The Labute approximate surface area is 172 Å². The smallest absolute Gasteiger partial charge is 0.252 e. The van der Waals surface area contributed by atoms with Crippen molar-refractivity contribution in [2.24, 2.45) is 17.4 Å². The molecule has 6 N–H and O–H groups in total. The van der Waals surface area contributed by atoms with Crippen LogP contribution in [0.25, 0.3) is 5.69 Å². The third kappa shape index (κ3) is 4.23. The van der Waals surface area contributed by atoms with Crippen LogP contribution in [0.15, 0.2) is 42.7 Å². The van der Waals surface area contributed by atoms with E-state index in [4.69, 9.17) is 11.5 Å². The maximum atomic E-state index is 14.7. The Bertz CT molecular complexity index is 1050. The molecule has 10 heteroatoms. The van der Waals surface area contributed by atoms with Crippen molar-refractivity contribution in [3.05, 3.63) is 54.1 Å². The first-order chi connectivity index (χ1) is 14.4. The zero-order valence-corrected chi connectivity index (χ0v) is 16.4. The molecule has 0 spiro atoms. The summed E-state index contributed by atoms with van der Waals surface area (Å²) in [4.78, 5) is 16.2. The van der Waals surface area contributed by atoms with Crippen LogP contribution in [-0.2, 0) is 0 Å². The number of rotatable bonds is 8. The summed E-state index contributed by atoms with van der Waals surface area (Å²) in [6, 6.07) is 8.06. The second-order valence-electron chi connectivity index (χ2n) is 7.47. The number of hydrogen-bond acceptors (Lipinski definition) is 7. The Morgan fingerprint density at radius 3 is 2.73 bits per heavy atom. The maximum absolute atomic E-state index is 14.7. The summed E-state index contributed by atoms with van der Waals surface area (Å²) >= 11 is 0. The molecule has 9 nitrogen and oxygen atoms in total. The van der Waals surface area contributed by atoms with E-state index >= 15 is 0 Å². The van der Waals surface area contributed by atoms with Gasteiger partial charge in [-0.1, -0.05) is 11.3 Å². The first kappa shape index (κ1) is 19.8. The zero-order chi connectivity index (χ0) is 21.3. The number of amides is 1. The van der Waals surface area contributed by atoms with Crippen molar-refractivity contribution in [3.63, 3.8) is 0 Å². The topological polar surface area (TPSA) is 137 Å². The number of nitrogens with one attached hydrogen (secondary N) is 2. The van der Waals surface area contributed by atoms with Crippen molar-refractivity contribution in [1.29, 1.82) is 0 Å². The van der Waals surface area contributed by atoms with Crippen molar-refractivity contribution >= 4 is 23.2 Å².